The van der Waals surface area contributed by atoms with Crippen molar-refractivity contribution < 1.29 is 18.0 Å². The molecule has 21 heavy (non-hydrogen) atoms. The Bertz CT molecular complexity index is 628. The number of carbonyl (C=O) groups is 2. The third-order valence-electron chi connectivity index (χ3n) is 2.56. The first kappa shape index (κ1) is 17.0. The lowest BCUT2D eigenvalue weighted by molar-refractivity contribution is -0.122. The van der Waals surface area contributed by atoms with E-state index in [2.05, 4.69) is 15.4 Å². The van der Waals surface area contributed by atoms with Crippen LogP contribution in [-0.2, 0) is 14.8 Å². The first-order valence-electron chi connectivity index (χ1n) is 6.40. The minimum atomic E-state index is -3.50. The molecule has 1 rings (SSSR count). The van der Waals surface area contributed by atoms with Gasteiger partial charge < -0.3 is 10.6 Å². The summed E-state index contributed by atoms with van der Waals surface area (Å²) >= 11 is 0. The molecule has 0 aliphatic heterocycles. The summed E-state index contributed by atoms with van der Waals surface area (Å²) in [5.74, 6) is -0.833. The van der Waals surface area contributed by atoms with E-state index in [0.717, 1.165) is 6.26 Å². The van der Waals surface area contributed by atoms with Gasteiger partial charge in [0.2, 0.25) is 15.9 Å². The Labute approximate surface area is 124 Å². The van der Waals surface area contributed by atoms with Gasteiger partial charge in [-0.15, -0.1) is 0 Å². The van der Waals surface area contributed by atoms with E-state index in [1.165, 1.54) is 12.1 Å². The number of carbonyl (C=O) groups excluding carboxylic acids is 2. The Morgan fingerprint density at radius 2 is 1.86 bits per heavy atom. The summed E-state index contributed by atoms with van der Waals surface area (Å²) in [5.41, 5.74) is 0.319. The third kappa shape index (κ3) is 5.42. The van der Waals surface area contributed by atoms with Crippen molar-refractivity contribution in [2.75, 3.05) is 17.5 Å². The van der Waals surface area contributed by atoms with Crippen LogP contribution >= 0.6 is 0 Å². The van der Waals surface area contributed by atoms with Gasteiger partial charge in [-0.1, -0.05) is 12.1 Å². The van der Waals surface area contributed by atoms with Gasteiger partial charge in [-0.05, 0) is 26.0 Å². The summed E-state index contributed by atoms with van der Waals surface area (Å²) in [6.45, 7) is 3.79. The van der Waals surface area contributed by atoms with Crippen molar-refractivity contribution in [3.05, 3.63) is 29.8 Å². The van der Waals surface area contributed by atoms with Gasteiger partial charge >= 0.3 is 0 Å². The van der Waals surface area contributed by atoms with E-state index >= 15 is 0 Å². The van der Waals surface area contributed by atoms with Gasteiger partial charge in [0.05, 0.1) is 17.5 Å². The topological polar surface area (TPSA) is 104 Å². The molecule has 0 aromatic heterocycles. The zero-order valence-electron chi connectivity index (χ0n) is 12.1. The number of sulfonamides is 1. The summed E-state index contributed by atoms with van der Waals surface area (Å²) < 4.78 is 24.8. The van der Waals surface area contributed by atoms with E-state index in [1.54, 1.807) is 26.0 Å². The second kappa shape index (κ2) is 7.07. The summed E-state index contributed by atoms with van der Waals surface area (Å²) in [5, 5.41) is 5.11. The van der Waals surface area contributed by atoms with Crippen LogP contribution in [0.25, 0.3) is 0 Å². The number of hydrogen-bond acceptors (Lipinski definition) is 4. The van der Waals surface area contributed by atoms with Crippen molar-refractivity contribution in [1.29, 1.82) is 0 Å². The number of anilines is 1. The molecule has 1 aromatic carbocycles. The molecule has 3 N–H and O–H groups in total. The predicted octanol–water partition coefficient (Wildman–Crippen LogP) is 0.312. The fourth-order valence-corrected chi connectivity index (χ4v) is 2.21. The van der Waals surface area contributed by atoms with E-state index in [1.807, 2.05) is 0 Å². The Hall–Kier alpha value is -2.09. The lowest BCUT2D eigenvalue weighted by atomic mass is 10.1. The highest BCUT2D eigenvalue weighted by atomic mass is 32.2. The Balaban J connectivity index is 2.90. The van der Waals surface area contributed by atoms with Gasteiger partial charge in [0.15, 0.2) is 0 Å². The lowest BCUT2D eigenvalue weighted by Gasteiger charge is -2.15. The standard InChI is InChI=1S/C13H19N3O4S/c1-4-14-12(17)9(2)15-13(18)10-7-5-6-8-11(10)16-21(3,19)20/h5-9,16H,4H2,1-3H3,(H,14,17)(H,15,18). The number of rotatable bonds is 6. The number of benzene rings is 1. The van der Waals surface area contributed by atoms with Crippen molar-refractivity contribution in [2.24, 2.45) is 0 Å². The SMILES string of the molecule is CCNC(=O)C(C)NC(=O)c1ccccc1NS(C)(=O)=O. The third-order valence-corrected chi connectivity index (χ3v) is 3.15. The number of amides is 2. The molecule has 0 heterocycles. The van der Waals surface area contributed by atoms with Gasteiger partial charge in [0.25, 0.3) is 5.91 Å². The molecule has 0 fully saturated rings. The molecular weight excluding hydrogens is 294 g/mol. The maximum atomic E-state index is 12.1. The number of nitrogens with one attached hydrogen (secondary N) is 3. The molecule has 1 atom stereocenters. The highest BCUT2D eigenvalue weighted by Gasteiger charge is 2.18. The van der Waals surface area contributed by atoms with E-state index in [4.69, 9.17) is 0 Å². The van der Waals surface area contributed by atoms with Crippen LogP contribution in [0.5, 0.6) is 0 Å². The van der Waals surface area contributed by atoms with Crippen LogP contribution in [-0.4, -0.2) is 39.1 Å². The average molecular weight is 313 g/mol. The molecule has 2 amide bonds. The first-order valence-corrected chi connectivity index (χ1v) is 8.29. The summed E-state index contributed by atoms with van der Waals surface area (Å²) in [7, 11) is -3.50. The monoisotopic (exact) mass is 313 g/mol. The van der Waals surface area contributed by atoms with Gasteiger partial charge in [-0.3, -0.25) is 14.3 Å². The van der Waals surface area contributed by atoms with Gasteiger partial charge in [0, 0.05) is 6.54 Å². The number of para-hydroxylation sites is 1. The smallest absolute Gasteiger partial charge is 0.254 e. The zero-order valence-corrected chi connectivity index (χ0v) is 13.0. The van der Waals surface area contributed by atoms with Gasteiger partial charge in [0.1, 0.15) is 6.04 Å². The molecule has 1 unspecified atom stereocenters. The highest BCUT2D eigenvalue weighted by Crippen LogP contribution is 2.16. The molecule has 0 spiro atoms. The molecule has 0 aliphatic rings. The second-order valence-electron chi connectivity index (χ2n) is 4.51. The molecule has 7 nitrogen and oxygen atoms in total. The number of hydrogen-bond donors (Lipinski definition) is 3. The molecule has 0 saturated carbocycles. The lowest BCUT2D eigenvalue weighted by Crippen LogP contribution is -2.44. The first-order chi connectivity index (χ1) is 9.74. The molecule has 1 aromatic rings. The molecule has 0 saturated heterocycles. The molecule has 8 heteroatoms. The van der Waals surface area contributed by atoms with Crippen molar-refractivity contribution >= 4 is 27.5 Å². The minimum absolute atomic E-state index is 0.152. The largest absolute Gasteiger partial charge is 0.355 e. The van der Waals surface area contributed by atoms with Gasteiger partial charge in [-0.2, -0.15) is 0 Å². The van der Waals surface area contributed by atoms with Crippen molar-refractivity contribution in [3.63, 3.8) is 0 Å². The van der Waals surface area contributed by atoms with Crippen LogP contribution in [0.1, 0.15) is 24.2 Å². The van der Waals surface area contributed by atoms with Crippen molar-refractivity contribution in [2.45, 2.75) is 19.9 Å². The quantitative estimate of drug-likeness (QED) is 0.703. The minimum Gasteiger partial charge on any atom is -0.355 e. The Morgan fingerprint density at radius 1 is 1.24 bits per heavy atom. The maximum absolute atomic E-state index is 12.1. The molecular formula is C13H19N3O4S. The molecule has 0 radical (unpaired) electrons. The second-order valence-corrected chi connectivity index (χ2v) is 6.26. The molecule has 0 bridgehead atoms. The Morgan fingerprint density at radius 3 is 2.43 bits per heavy atom. The molecule has 0 aliphatic carbocycles. The van der Waals surface area contributed by atoms with Crippen LogP contribution in [0.15, 0.2) is 24.3 Å². The summed E-state index contributed by atoms with van der Waals surface area (Å²) in [6, 6.07) is 5.46. The van der Waals surface area contributed by atoms with Crippen LogP contribution in [0.4, 0.5) is 5.69 Å². The van der Waals surface area contributed by atoms with Gasteiger partial charge in [-0.25, -0.2) is 8.42 Å². The maximum Gasteiger partial charge on any atom is 0.254 e. The van der Waals surface area contributed by atoms with E-state index in [9.17, 15) is 18.0 Å². The van der Waals surface area contributed by atoms with E-state index in [0.29, 0.717) is 6.54 Å². The van der Waals surface area contributed by atoms with Crippen molar-refractivity contribution in [1.82, 2.24) is 10.6 Å². The predicted molar refractivity (Wildman–Crippen MR) is 80.5 cm³/mol. The Kier molecular flexibility index (Phi) is 5.71. The summed E-state index contributed by atoms with van der Waals surface area (Å²) in [4.78, 5) is 23.7. The molecule has 116 valence electrons. The van der Waals surface area contributed by atoms with Crippen molar-refractivity contribution in [3.8, 4) is 0 Å². The van der Waals surface area contributed by atoms with Crippen LogP contribution < -0.4 is 15.4 Å². The fourth-order valence-electron chi connectivity index (χ4n) is 1.64. The van der Waals surface area contributed by atoms with Crippen LogP contribution in [0.2, 0.25) is 0 Å². The van der Waals surface area contributed by atoms with Crippen LogP contribution in [0.3, 0.4) is 0 Å². The normalized spacial score (nSPS) is 12.3. The van der Waals surface area contributed by atoms with Crippen LogP contribution in [0, 0.1) is 0 Å². The van der Waals surface area contributed by atoms with E-state index in [-0.39, 0.29) is 17.2 Å². The highest BCUT2D eigenvalue weighted by molar-refractivity contribution is 7.92. The summed E-state index contributed by atoms with van der Waals surface area (Å²) in [6.07, 6.45) is 0.999. The fraction of sp³-hybridized carbons (Fsp3) is 0.385. The zero-order chi connectivity index (χ0) is 16.0. The van der Waals surface area contributed by atoms with E-state index < -0.39 is 22.0 Å². The number of likely N-dealkylation sites (N-methyl/N-ethyl adjacent to an activating group) is 1. The average Bonchev–Trinajstić information content (AvgIpc) is 2.37.